The fourth-order valence-corrected chi connectivity index (χ4v) is 2.03. The number of aryl methyl sites for hydroxylation is 1. The van der Waals surface area contributed by atoms with Gasteiger partial charge in [-0.25, -0.2) is 4.79 Å². The number of rotatable bonds is 6. The third-order valence-corrected chi connectivity index (χ3v) is 2.97. The first-order valence-electron chi connectivity index (χ1n) is 6.17. The SMILES string of the molecule is CCOC(=O)c1[nH]c(C)c(C(O)C(O)CN=[N+]=[N-])c1C. The third kappa shape index (κ3) is 3.30. The fourth-order valence-electron chi connectivity index (χ4n) is 2.03. The number of hydrogen-bond donors (Lipinski definition) is 3. The predicted octanol–water partition coefficient (Wildman–Crippen LogP) is 1.51. The second-order valence-electron chi connectivity index (χ2n) is 4.31. The number of aliphatic hydroxyl groups excluding tert-OH is 2. The predicted molar refractivity (Wildman–Crippen MR) is 71.2 cm³/mol. The van der Waals surface area contributed by atoms with Crippen molar-refractivity contribution in [3.8, 4) is 0 Å². The van der Waals surface area contributed by atoms with Gasteiger partial charge in [-0.05, 0) is 31.9 Å². The smallest absolute Gasteiger partial charge is 0.355 e. The Kier molecular flexibility index (Phi) is 5.57. The Balaban J connectivity index is 3.06. The minimum Gasteiger partial charge on any atom is -0.461 e. The highest BCUT2D eigenvalue weighted by molar-refractivity contribution is 5.89. The average molecular weight is 282 g/mol. The Bertz CT molecular complexity index is 534. The zero-order valence-electron chi connectivity index (χ0n) is 11.6. The largest absolute Gasteiger partial charge is 0.461 e. The van der Waals surface area contributed by atoms with Crippen LogP contribution in [0.1, 0.15) is 40.3 Å². The number of nitrogens with one attached hydrogen (secondary N) is 1. The third-order valence-electron chi connectivity index (χ3n) is 2.97. The summed E-state index contributed by atoms with van der Waals surface area (Å²) < 4.78 is 4.90. The van der Waals surface area contributed by atoms with Crippen LogP contribution in [0.3, 0.4) is 0 Å². The van der Waals surface area contributed by atoms with Crippen LogP contribution in [-0.2, 0) is 4.74 Å². The summed E-state index contributed by atoms with van der Waals surface area (Å²) in [5, 5.41) is 23.1. The average Bonchev–Trinajstić information content (AvgIpc) is 2.71. The summed E-state index contributed by atoms with van der Waals surface area (Å²) in [6.45, 7) is 5.01. The molecule has 3 N–H and O–H groups in total. The second kappa shape index (κ2) is 6.95. The summed E-state index contributed by atoms with van der Waals surface area (Å²) in [4.78, 5) is 17.1. The zero-order chi connectivity index (χ0) is 15.3. The molecule has 110 valence electrons. The molecule has 0 spiro atoms. The van der Waals surface area contributed by atoms with Gasteiger partial charge in [-0.3, -0.25) is 0 Å². The molecule has 0 aliphatic heterocycles. The van der Waals surface area contributed by atoms with Crippen molar-refractivity contribution in [2.24, 2.45) is 5.11 Å². The lowest BCUT2D eigenvalue weighted by Crippen LogP contribution is -2.22. The molecule has 20 heavy (non-hydrogen) atoms. The molecule has 8 nitrogen and oxygen atoms in total. The van der Waals surface area contributed by atoms with Crippen molar-refractivity contribution in [2.75, 3.05) is 13.2 Å². The molecule has 1 heterocycles. The molecule has 0 saturated heterocycles. The number of aliphatic hydroxyl groups is 2. The van der Waals surface area contributed by atoms with Gasteiger partial charge >= 0.3 is 5.97 Å². The number of carbonyl (C=O) groups excluding carboxylic acids is 1. The summed E-state index contributed by atoms with van der Waals surface area (Å²) in [7, 11) is 0. The number of H-pyrrole nitrogens is 1. The van der Waals surface area contributed by atoms with E-state index in [9.17, 15) is 15.0 Å². The molecule has 0 amide bonds. The van der Waals surface area contributed by atoms with E-state index in [0.29, 0.717) is 16.8 Å². The van der Waals surface area contributed by atoms with Gasteiger partial charge in [0.15, 0.2) is 0 Å². The number of hydrogen-bond acceptors (Lipinski definition) is 5. The summed E-state index contributed by atoms with van der Waals surface area (Å²) >= 11 is 0. The monoisotopic (exact) mass is 282 g/mol. The van der Waals surface area contributed by atoms with E-state index in [0.717, 1.165) is 0 Å². The highest BCUT2D eigenvalue weighted by atomic mass is 16.5. The topological polar surface area (TPSA) is 131 Å². The van der Waals surface area contributed by atoms with Crippen molar-refractivity contribution < 1.29 is 19.7 Å². The Morgan fingerprint density at radius 2 is 2.15 bits per heavy atom. The molecule has 0 aliphatic rings. The van der Waals surface area contributed by atoms with Gasteiger partial charge in [0.05, 0.1) is 19.3 Å². The molecular weight excluding hydrogens is 264 g/mol. The van der Waals surface area contributed by atoms with E-state index in [1.165, 1.54) is 0 Å². The quantitative estimate of drug-likeness (QED) is 0.316. The van der Waals surface area contributed by atoms with Crippen LogP contribution in [-0.4, -0.2) is 40.4 Å². The molecule has 2 unspecified atom stereocenters. The first-order valence-corrected chi connectivity index (χ1v) is 6.17. The van der Waals surface area contributed by atoms with Crippen molar-refractivity contribution in [1.29, 1.82) is 0 Å². The molecule has 1 rings (SSSR count). The zero-order valence-corrected chi connectivity index (χ0v) is 11.6. The number of azide groups is 1. The molecule has 0 aliphatic carbocycles. The number of esters is 1. The van der Waals surface area contributed by atoms with Crippen molar-refractivity contribution in [2.45, 2.75) is 33.0 Å². The van der Waals surface area contributed by atoms with Gasteiger partial charge < -0.3 is 19.9 Å². The van der Waals surface area contributed by atoms with Crippen LogP contribution >= 0.6 is 0 Å². The lowest BCUT2D eigenvalue weighted by Gasteiger charge is -2.17. The van der Waals surface area contributed by atoms with Gasteiger partial charge in [0.1, 0.15) is 11.8 Å². The molecule has 1 aromatic rings. The van der Waals surface area contributed by atoms with Crippen LogP contribution in [0.15, 0.2) is 5.11 Å². The minimum absolute atomic E-state index is 0.244. The van der Waals surface area contributed by atoms with E-state index >= 15 is 0 Å². The Hall–Kier alpha value is -2.02. The van der Waals surface area contributed by atoms with E-state index in [2.05, 4.69) is 15.0 Å². The molecule has 0 aromatic carbocycles. The summed E-state index contributed by atoms with van der Waals surface area (Å²) in [6, 6.07) is 0. The summed E-state index contributed by atoms with van der Waals surface area (Å²) in [6.07, 6.45) is -2.49. The molecule has 0 bridgehead atoms. The number of aromatic amines is 1. The minimum atomic E-state index is -1.25. The molecule has 2 atom stereocenters. The van der Waals surface area contributed by atoms with Crippen molar-refractivity contribution in [3.63, 3.8) is 0 Å². The fraction of sp³-hybridized carbons (Fsp3) is 0.583. The second-order valence-corrected chi connectivity index (χ2v) is 4.31. The van der Waals surface area contributed by atoms with Gasteiger partial charge in [-0.1, -0.05) is 5.11 Å². The lowest BCUT2D eigenvalue weighted by molar-refractivity contribution is 0.0237. The molecule has 8 heteroatoms. The maximum Gasteiger partial charge on any atom is 0.355 e. The Morgan fingerprint density at radius 3 is 2.70 bits per heavy atom. The van der Waals surface area contributed by atoms with Crippen molar-refractivity contribution >= 4 is 5.97 Å². The maximum atomic E-state index is 11.7. The van der Waals surface area contributed by atoms with E-state index in [-0.39, 0.29) is 18.8 Å². The first kappa shape index (κ1) is 16.0. The van der Waals surface area contributed by atoms with Gasteiger partial charge in [0, 0.05) is 16.2 Å². The lowest BCUT2D eigenvalue weighted by atomic mass is 10.00. The van der Waals surface area contributed by atoms with Gasteiger partial charge in [0.25, 0.3) is 0 Å². The molecule has 1 aromatic heterocycles. The van der Waals surface area contributed by atoms with Gasteiger partial charge in [0.2, 0.25) is 0 Å². The molecule has 0 fully saturated rings. The van der Waals surface area contributed by atoms with E-state index in [4.69, 9.17) is 10.3 Å². The van der Waals surface area contributed by atoms with Gasteiger partial charge in [-0.15, -0.1) is 0 Å². The number of nitrogens with zero attached hydrogens (tertiary/aromatic N) is 3. The van der Waals surface area contributed by atoms with Crippen LogP contribution in [0, 0.1) is 13.8 Å². The van der Waals surface area contributed by atoms with Crippen LogP contribution in [0.5, 0.6) is 0 Å². The molecule has 0 saturated carbocycles. The molecule has 0 radical (unpaired) electrons. The van der Waals surface area contributed by atoms with Crippen LogP contribution in [0.25, 0.3) is 10.4 Å². The van der Waals surface area contributed by atoms with Crippen LogP contribution < -0.4 is 0 Å². The van der Waals surface area contributed by atoms with E-state index in [1.54, 1.807) is 20.8 Å². The molecular formula is C12H18N4O4. The van der Waals surface area contributed by atoms with E-state index < -0.39 is 18.2 Å². The summed E-state index contributed by atoms with van der Waals surface area (Å²) in [5.41, 5.74) is 9.93. The number of ether oxygens (including phenoxy) is 1. The van der Waals surface area contributed by atoms with Crippen LogP contribution in [0.4, 0.5) is 0 Å². The maximum absolute atomic E-state index is 11.7. The first-order chi connectivity index (χ1) is 9.43. The van der Waals surface area contributed by atoms with Gasteiger partial charge in [-0.2, -0.15) is 0 Å². The highest BCUT2D eigenvalue weighted by Gasteiger charge is 2.26. The highest BCUT2D eigenvalue weighted by Crippen LogP contribution is 2.27. The summed E-state index contributed by atoms with van der Waals surface area (Å²) in [5.74, 6) is -0.518. The van der Waals surface area contributed by atoms with Crippen LogP contribution in [0.2, 0.25) is 0 Å². The Morgan fingerprint density at radius 1 is 1.50 bits per heavy atom. The number of carbonyl (C=O) groups is 1. The van der Waals surface area contributed by atoms with Crippen molar-refractivity contribution in [3.05, 3.63) is 33.0 Å². The normalized spacial score (nSPS) is 13.4. The standard InChI is InChI=1S/C12H18N4O4/c1-4-20-12(19)10-6(2)9(7(3)15-10)11(18)8(17)5-14-16-13/h8,11,15,17-18H,4-5H2,1-3H3. The Labute approximate surface area is 116 Å². The number of aromatic nitrogens is 1. The van der Waals surface area contributed by atoms with Crippen molar-refractivity contribution in [1.82, 2.24) is 4.98 Å². The van der Waals surface area contributed by atoms with E-state index in [1.807, 2.05) is 0 Å².